The monoisotopic (exact) mass is 315 g/mol. The fourth-order valence-corrected chi connectivity index (χ4v) is 2.75. The third kappa shape index (κ3) is 2.16. The predicted molar refractivity (Wildman–Crippen MR) is 89.4 cm³/mol. The van der Waals surface area contributed by atoms with Crippen molar-refractivity contribution in [2.45, 2.75) is 6.92 Å². The van der Waals surface area contributed by atoms with E-state index >= 15 is 0 Å². The Balaban J connectivity index is 1.93. The summed E-state index contributed by atoms with van der Waals surface area (Å²) in [5, 5.41) is 0.498. The van der Waals surface area contributed by atoms with Gasteiger partial charge in [-0.2, -0.15) is 0 Å². The van der Waals surface area contributed by atoms with E-state index in [1.807, 2.05) is 30.3 Å². The van der Waals surface area contributed by atoms with E-state index in [2.05, 4.69) is 11.8 Å². The maximum absolute atomic E-state index is 12.1. The van der Waals surface area contributed by atoms with Crippen LogP contribution in [-0.4, -0.2) is 41.5 Å². The molecule has 0 unspecified atom stereocenters. The highest BCUT2D eigenvalue weighted by molar-refractivity contribution is 7.80. The van der Waals surface area contributed by atoms with E-state index in [0.29, 0.717) is 16.7 Å². The summed E-state index contributed by atoms with van der Waals surface area (Å²) in [6.45, 7) is 2.84. The number of nitrogens with zero attached hydrogens (tertiary/aromatic N) is 3. The highest BCUT2D eigenvalue weighted by atomic mass is 32.1. The zero-order valence-electron chi connectivity index (χ0n) is 12.7. The number of carbonyl (C=O) groups excluding carboxylic acids is 1. The van der Waals surface area contributed by atoms with E-state index in [-0.39, 0.29) is 5.91 Å². The third-order valence-corrected chi connectivity index (χ3v) is 4.34. The topological polar surface area (TPSA) is 36.0 Å². The molecule has 0 N–H and O–H groups in total. The summed E-state index contributed by atoms with van der Waals surface area (Å²) in [5.74, 6) is 1.42. The van der Waals surface area contributed by atoms with Crippen LogP contribution < -0.4 is 9.64 Å². The van der Waals surface area contributed by atoms with E-state index in [1.165, 1.54) is 4.90 Å². The summed E-state index contributed by atoms with van der Waals surface area (Å²) in [4.78, 5) is 17.4. The maximum Gasteiger partial charge on any atom is 0.276 e. The van der Waals surface area contributed by atoms with E-state index in [4.69, 9.17) is 17.0 Å². The van der Waals surface area contributed by atoms with Gasteiger partial charge in [-0.15, -0.1) is 0 Å². The van der Waals surface area contributed by atoms with Crippen LogP contribution in [0.15, 0.2) is 48.0 Å². The van der Waals surface area contributed by atoms with Gasteiger partial charge in [-0.05, 0) is 37.4 Å². The Hall–Kier alpha value is -2.34. The molecule has 0 aliphatic carbocycles. The Kier molecular flexibility index (Phi) is 3.62. The summed E-state index contributed by atoms with van der Waals surface area (Å²) in [6.07, 6.45) is 3.57. The normalized spacial score (nSPS) is 21.1. The van der Waals surface area contributed by atoms with Crippen LogP contribution in [0.4, 0.5) is 5.69 Å². The van der Waals surface area contributed by atoms with Crippen LogP contribution in [0, 0.1) is 0 Å². The lowest BCUT2D eigenvalue weighted by Crippen LogP contribution is -2.26. The van der Waals surface area contributed by atoms with E-state index in [0.717, 1.165) is 18.0 Å². The number of benzene rings is 1. The minimum Gasteiger partial charge on any atom is -0.439 e. The molecule has 0 atom stereocenters. The molecule has 0 spiro atoms. The lowest BCUT2D eigenvalue weighted by Gasteiger charge is -2.15. The summed E-state index contributed by atoms with van der Waals surface area (Å²) < 4.78 is 5.86. The summed E-state index contributed by atoms with van der Waals surface area (Å²) in [7, 11) is 3.46. The summed E-state index contributed by atoms with van der Waals surface area (Å²) >= 11 is 5.20. The van der Waals surface area contributed by atoms with Crippen LogP contribution >= 0.6 is 12.2 Å². The third-order valence-electron chi connectivity index (χ3n) is 3.80. The zero-order valence-corrected chi connectivity index (χ0v) is 13.6. The lowest BCUT2D eigenvalue weighted by molar-refractivity contribution is -0.121. The minimum atomic E-state index is -0.108. The number of likely N-dealkylation sites (N-methyl/N-ethyl adjacent to an activating group) is 2. The first-order valence-corrected chi connectivity index (χ1v) is 7.47. The van der Waals surface area contributed by atoms with Crippen molar-refractivity contribution in [2.24, 2.45) is 0 Å². The van der Waals surface area contributed by atoms with Crippen LogP contribution in [-0.2, 0) is 4.79 Å². The molecule has 0 aromatic heterocycles. The first-order valence-electron chi connectivity index (χ1n) is 7.06. The number of fused-ring (bicyclic) bond motifs is 1. The molecule has 1 fully saturated rings. The molecule has 1 amide bonds. The van der Waals surface area contributed by atoms with Gasteiger partial charge in [0.1, 0.15) is 5.70 Å². The van der Waals surface area contributed by atoms with Crippen LogP contribution in [0.2, 0.25) is 0 Å². The van der Waals surface area contributed by atoms with Gasteiger partial charge in [-0.25, -0.2) is 0 Å². The molecule has 0 bridgehead atoms. The smallest absolute Gasteiger partial charge is 0.276 e. The highest BCUT2D eigenvalue weighted by Gasteiger charge is 2.32. The van der Waals surface area contributed by atoms with Crippen molar-refractivity contribution in [1.29, 1.82) is 0 Å². The number of rotatable bonds is 2. The Labute approximate surface area is 135 Å². The Morgan fingerprint density at radius 1 is 1.18 bits per heavy atom. The average molecular weight is 315 g/mol. The van der Waals surface area contributed by atoms with Crippen molar-refractivity contribution in [3.63, 3.8) is 0 Å². The number of ether oxygens (including phenoxy) is 1. The molecule has 0 saturated carbocycles. The lowest BCUT2D eigenvalue weighted by atomic mass is 10.3. The molecule has 22 heavy (non-hydrogen) atoms. The largest absolute Gasteiger partial charge is 0.439 e. The number of para-hydroxylation sites is 2. The summed E-state index contributed by atoms with van der Waals surface area (Å²) in [5.41, 5.74) is 1.57. The molecule has 5 nitrogen and oxygen atoms in total. The number of allylic oxidation sites excluding steroid dienone is 2. The van der Waals surface area contributed by atoms with Crippen LogP contribution in [0.25, 0.3) is 0 Å². The maximum atomic E-state index is 12.1. The highest BCUT2D eigenvalue weighted by Crippen LogP contribution is 2.38. The van der Waals surface area contributed by atoms with Crippen molar-refractivity contribution < 1.29 is 9.53 Å². The molecule has 2 aliphatic heterocycles. The van der Waals surface area contributed by atoms with E-state index in [9.17, 15) is 4.79 Å². The second-order valence-electron chi connectivity index (χ2n) is 5.08. The van der Waals surface area contributed by atoms with Gasteiger partial charge in [0, 0.05) is 26.7 Å². The fourth-order valence-electron chi connectivity index (χ4n) is 2.57. The molecular formula is C16H17N3O2S. The summed E-state index contributed by atoms with van der Waals surface area (Å²) in [6, 6.07) is 7.87. The molecule has 0 radical (unpaired) electrons. The standard InChI is InChI=1S/C16H17N3O2S/c1-4-19-11-7-5-6-8-13(11)21-14(19)10-9-12-15(20)18(3)16(22)17(12)2/h5-10H,4H2,1-3H3. The molecule has 3 rings (SSSR count). The number of anilines is 1. The Bertz CT molecular complexity index is 711. The van der Waals surface area contributed by atoms with Crippen molar-refractivity contribution in [3.8, 4) is 5.75 Å². The molecule has 114 valence electrons. The van der Waals surface area contributed by atoms with Gasteiger partial charge in [-0.1, -0.05) is 12.1 Å². The van der Waals surface area contributed by atoms with Crippen LogP contribution in [0.5, 0.6) is 5.75 Å². The zero-order chi connectivity index (χ0) is 15.9. The van der Waals surface area contributed by atoms with Gasteiger partial charge in [0.05, 0.1) is 5.69 Å². The van der Waals surface area contributed by atoms with E-state index in [1.54, 1.807) is 25.1 Å². The van der Waals surface area contributed by atoms with Gasteiger partial charge < -0.3 is 14.5 Å². The fraction of sp³-hybridized carbons (Fsp3) is 0.250. The van der Waals surface area contributed by atoms with Crippen molar-refractivity contribution in [2.75, 3.05) is 25.5 Å². The first kappa shape index (κ1) is 14.6. The second-order valence-corrected chi connectivity index (χ2v) is 5.44. The van der Waals surface area contributed by atoms with Gasteiger partial charge in [0.2, 0.25) is 5.88 Å². The quantitative estimate of drug-likeness (QED) is 0.618. The van der Waals surface area contributed by atoms with Gasteiger partial charge in [-0.3, -0.25) is 9.69 Å². The van der Waals surface area contributed by atoms with Gasteiger partial charge in [0.15, 0.2) is 10.9 Å². The predicted octanol–water partition coefficient (Wildman–Crippen LogP) is 2.32. The first-order chi connectivity index (χ1) is 10.5. The number of hydrogen-bond donors (Lipinski definition) is 0. The number of thiocarbonyl (C=S) groups is 1. The Morgan fingerprint density at radius 2 is 1.91 bits per heavy atom. The molecule has 1 aromatic carbocycles. The molecule has 2 aliphatic rings. The second kappa shape index (κ2) is 5.46. The van der Waals surface area contributed by atoms with Gasteiger partial charge >= 0.3 is 0 Å². The van der Waals surface area contributed by atoms with Crippen LogP contribution in [0.1, 0.15) is 6.92 Å². The molecule has 2 heterocycles. The minimum absolute atomic E-state index is 0.108. The Morgan fingerprint density at radius 3 is 2.55 bits per heavy atom. The van der Waals surface area contributed by atoms with Crippen LogP contribution in [0.3, 0.4) is 0 Å². The number of carbonyl (C=O) groups is 1. The molecule has 1 aromatic rings. The van der Waals surface area contributed by atoms with Crippen molar-refractivity contribution in [3.05, 3.63) is 48.0 Å². The number of amides is 1. The number of hydrogen-bond acceptors (Lipinski definition) is 4. The average Bonchev–Trinajstić information content (AvgIpc) is 2.97. The molecule has 6 heteroatoms. The van der Waals surface area contributed by atoms with E-state index < -0.39 is 0 Å². The van der Waals surface area contributed by atoms with Crippen molar-refractivity contribution >= 4 is 28.9 Å². The van der Waals surface area contributed by atoms with Crippen molar-refractivity contribution in [1.82, 2.24) is 9.80 Å². The molecule has 1 saturated heterocycles. The molecular weight excluding hydrogens is 298 g/mol. The van der Waals surface area contributed by atoms with Gasteiger partial charge in [0.25, 0.3) is 5.91 Å². The SMILES string of the molecule is CCN1C(=CC=C2C(=O)N(C)C(=S)N2C)Oc2ccccc21.